The molecule has 1 saturated heterocycles. The molecule has 0 aromatic heterocycles. The third kappa shape index (κ3) is 2.67. The Balaban J connectivity index is 2.52. The molecule has 0 spiro atoms. The number of carbonyl (C=O) groups excluding carboxylic acids is 1. The van der Waals surface area contributed by atoms with Crippen LogP contribution in [0.15, 0.2) is 0 Å². The molecule has 1 aliphatic rings. The number of likely N-dealkylation sites (tertiary alicyclic amines) is 1. The predicted molar refractivity (Wildman–Crippen MR) is 50.0 cm³/mol. The molecule has 13 heavy (non-hydrogen) atoms. The molecule has 0 radical (unpaired) electrons. The Labute approximate surface area is 79.4 Å². The Hall–Kier alpha value is -0.610. The Morgan fingerprint density at radius 1 is 1.62 bits per heavy atom. The van der Waals surface area contributed by atoms with Gasteiger partial charge in [0.05, 0.1) is 13.2 Å². The number of hydrogen-bond acceptors (Lipinski definition) is 3. The molecule has 1 fully saturated rings. The highest BCUT2D eigenvalue weighted by Crippen LogP contribution is 2.14. The molecule has 4 nitrogen and oxygen atoms in total. The lowest BCUT2D eigenvalue weighted by Crippen LogP contribution is -2.47. The minimum Gasteiger partial charge on any atom is -0.304 e. The fraction of sp³-hybridized carbons (Fsp3) is 0.889. The van der Waals surface area contributed by atoms with Crippen LogP contribution in [-0.4, -0.2) is 49.2 Å². The molecule has 76 valence electrons. The summed E-state index contributed by atoms with van der Waals surface area (Å²) in [5.41, 5.74) is 0. The third-order valence-electron chi connectivity index (χ3n) is 2.44. The van der Waals surface area contributed by atoms with Crippen molar-refractivity contribution in [2.75, 3.05) is 27.2 Å². The standard InChI is InChI=1S/C9H18N2O2/c1-8(12)11(13-3)9-5-4-6-10(2)7-9/h9H,4-7H2,1-3H3. The van der Waals surface area contributed by atoms with Crippen LogP contribution in [0.25, 0.3) is 0 Å². The zero-order valence-corrected chi connectivity index (χ0v) is 8.62. The van der Waals surface area contributed by atoms with Crippen LogP contribution in [0.1, 0.15) is 19.8 Å². The monoisotopic (exact) mass is 186 g/mol. The normalized spacial score (nSPS) is 24.4. The summed E-state index contributed by atoms with van der Waals surface area (Å²) in [6, 6.07) is 0.223. The van der Waals surface area contributed by atoms with Gasteiger partial charge < -0.3 is 4.90 Å². The number of likely N-dealkylation sites (N-methyl/N-ethyl adjacent to an activating group) is 1. The first-order chi connectivity index (χ1) is 6.15. The van der Waals surface area contributed by atoms with E-state index in [-0.39, 0.29) is 11.9 Å². The van der Waals surface area contributed by atoms with Gasteiger partial charge in [-0.25, -0.2) is 5.06 Å². The number of piperidine rings is 1. The summed E-state index contributed by atoms with van der Waals surface area (Å²) in [4.78, 5) is 18.4. The van der Waals surface area contributed by atoms with Gasteiger partial charge in [-0.15, -0.1) is 0 Å². The van der Waals surface area contributed by atoms with Crippen molar-refractivity contribution in [3.8, 4) is 0 Å². The second-order valence-corrected chi connectivity index (χ2v) is 3.59. The van der Waals surface area contributed by atoms with Crippen molar-refractivity contribution in [3.63, 3.8) is 0 Å². The van der Waals surface area contributed by atoms with Crippen molar-refractivity contribution in [3.05, 3.63) is 0 Å². The summed E-state index contributed by atoms with van der Waals surface area (Å²) in [5.74, 6) is -0.0113. The van der Waals surface area contributed by atoms with Crippen LogP contribution in [0.2, 0.25) is 0 Å². The second-order valence-electron chi connectivity index (χ2n) is 3.59. The molecule has 0 aliphatic carbocycles. The predicted octanol–water partition coefficient (Wildman–Crippen LogP) is 0.490. The zero-order chi connectivity index (χ0) is 9.84. The summed E-state index contributed by atoms with van der Waals surface area (Å²) >= 11 is 0. The molecular formula is C9H18N2O2. The van der Waals surface area contributed by atoms with Gasteiger partial charge in [0.2, 0.25) is 5.91 Å². The van der Waals surface area contributed by atoms with E-state index in [9.17, 15) is 4.79 Å². The van der Waals surface area contributed by atoms with E-state index < -0.39 is 0 Å². The molecule has 1 aliphatic heterocycles. The molecule has 1 heterocycles. The van der Waals surface area contributed by atoms with Crippen molar-refractivity contribution < 1.29 is 9.63 Å². The maximum absolute atomic E-state index is 11.2. The Morgan fingerprint density at radius 2 is 2.31 bits per heavy atom. The van der Waals surface area contributed by atoms with Gasteiger partial charge in [0.25, 0.3) is 0 Å². The van der Waals surface area contributed by atoms with E-state index in [0.717, 1.165) is 25.9 Å². The average molecular weight is 186 g/mol. The smallest absolute Gasteiger partial charge is 0.243 e. The molecule has 0 N–H and O–H groups in total. The van der Waals surface area contributed by atoms with Gasteiger partial charge in [0.1, 0.15) is 0 Å². The van der Waals surface area contributed by atoms with Gasteiger partial charge in [-0.05, 0) is 26.4 Å². The van der Waals surface area contributed by atoms with Gasteiger partial charge in [-0.3, -0.25) is 9.63 Å². The van der Waals surface area contributed by atoms with E-state index in [1.807, 2.05) is 0 Å². The molecule has 0 bridgehead atoms. The van der Waals surface area contributed by atoms with E-state index in [4.69, 9.17) is 4.84 Å². The number of nitrogens with zero attached hydrogens (tertiary/aromatic N) is 2. The van der Waals surface area contributed by atoms with Gasteiger partial charge >= 0.3 is 0 Å². The molecule has 1 unspecified atom stereocenters. The van der Waals surface area contributed by atoms with E-state index in [0.29, 0.717) is 0 Å². The molecule has 1 rings (SSSR count). The number of hydroxylamine groups is 2. The van der Waals surface area contributed by atoms with E-state index in [2.05, 4.69) is 11.9 Å². The molecule has 1 amide bonds. The maximum atomic E-state index is 11.2. The van der Waals surface area contributed by atoms with E-state index in [1.54, 1.807) is 7.11 Å². The van der Waals surface area contributed by atoms with Crippen LogP contribution in [-0.2, 0) is 9.63 Å². The summed E-state index contributed by atoms with van der Waals surface area (Å²) < 4.78 is 0. The highest BCUT2D eigenvalue weighted by Gasteiger charge is 2.25. The van der Waals surface area contributed by atoms with Crippen molar-refractivity contribution in [1.82, 2.24) is 9.96 Å². The molecule has 0 aromatic rings. The lowest BCUT2D eigenvalue weighted by Gasteiger charge is -2.35. The lowest BCUT2D eigenvalue weighted by atomic mass is 10.1. The van der Waals surface area contributed by atoms with Crippen molar-refractivity contribution in [2.24, 2.45) is 0 Å². The van der Waals surface area contributed by atoms with Gasteiger partial charge in [0, 0.05) is 13.5 Å². The number of carbonyl (C=O) groups is 1. The third-order valence-corrected chi connectivity index (χ3v) is 2.44. The Morgan fingerprint density at radius 3 is 2.77 bits per heavy atom. The number of amides is 1. The number of rotatable bonds is 2. The van der Waals surface area contributed by atoms with Crippen molar-refractivity contribution in [2.45, 2.75) is 25.8 Å². The lowest BCUT2D eigenvalue weighted by molar-refractivity contribution is -0.190. The molecule has 0 aromatic carbocycles. The fourth-order valence-corrected chi connectivity index (χ4v) is 1.87. The highest BCUT2D eigenvalue weighted by atomic mass is 16.7. The quantitative estimate of drug-likeness (QED) is 0.588. The Kier molecular flexibility index (Phi) is 3.69. The topological polar surface area (TPSA) is 32.8 Å². The van der Waals surface area contributed by atoms with E-state index >= 15 is 0 Å². The van der Waals surface area contributed by atoms with Gasteiger partial charge in [-0.1, -0.05) is 0 Å². The Bertz CT molecular complexity index is 184. The first-order valence-electron chi connectivity index (χ1n) is 4.67. The van der Waals surface area contributed by atoms with Crippen LogP contribution < -0.4 is 0 Å². The van der Waals surface area contributed by atoms with Crippen LogP contribution in [0.3, 0.4) is 0 Å². The summed E-state index contributed by atoms with van der Waals surface area (Å²) in [6.07, 6.45) is 2.17. The molecule has 4 heteroatoms. The molecule has 0 saturated carbocycles. The minimum absolute atomic E-state index is 0.0113. The first kappa shape index (κ1) is 10.5. The minimum atomic E-state index is -0.0113. The first-order valence-corrected chi connectivity index (χ1v) is 4.67. The highest BCUT2D eigenvalue weighted by molar-refractivity contribution is 5.72. The van der Waals surface area contributed by atoms with Gasteiger partial charge in [-0.2, -0.15) is 0 Å². The van der Waals surface area contributed by atoms with Crippen LogP contribution in [0.5, 0.6) is 0 Å². The SMILES string of the molecule is CON(C(C)=O)C1CCCN(C)C1. The van der Waals surface area contributed by atoms with Crippen molar-refractivity contribution >= 4 is 5.91 Å². The van der Waals surface area contributed by atoms with Crippen LogP contribution in [0.4, 0.5) is 0 Å². The second kappa shape index (κ2) is 4.58. The summed E-state index contributed by atoms with van der Waals surface area (Å²) in [6.45, 7) is 3.57. The fourth-order valence-electron chi connectivity index (χ4n) is 1.87. The van der Waals surface area contributed by atoms with E-state index in [1.165, 1.54) is 12.0 Å². The molecule has 1 atom stereocenters. The molecular weight excluding hydrogens is 168 g/mol. The summed E-state index contributed by atoms with van der Waals surface area (Å²) in [5, 5.41) is 1.48. The van der Waals surface area contributed by atoms with Crippen molar-refractivity contribution in [1.29, 1.82) is 0 Å². The van der Waals surface area contributed by atoms with Crippen LogP contribution in [0, 0.1) is 0 Å². The van der Waals surface area contributed by atoms with Gasteiger partial charge in [0.15, 0.2) is 0 Å². The maximum Gasteiger partial charge on any atom is 0.243 e. The summed E-state index contributed by atoms with van der Waals surface area (Å²) in [7, 11) is 3.62. The number of hydrogen-bond donors (Lipinski definition) is 0. The van der Waals surface area contributed by atoms with Crippen LogP contribution >= 0.6 is 0 Å². The zero-order valence-electron chi connectivity index (χ0n) is 8.62. The largest absolute Gasteiger partial charge is 0.304 e. The average Bonchev–Trinajstić information content (AvgIpc) is 2.04.